The fraction of sp³-hybridized carbons (Fsp3) is 0.0769. The zero-order chi connectivity index (χ0) is 14.6. The van der Waals surface area contributed by atoms with Gasteiger partial charge in [-0.25, -0.2) is 8.42 Å². The molecule has 0 saturated carbocycles. The van der Waals surface area contributed by atoms with Crippen molar-refractivity contribution in [2.24, 2.45) is 5.84 Å². The van der Waals surface area contributed by atoms with Crippen molar-refractivity contribution < 1.29 is 8.42 Å². The number of nitrogens with two attached hydrogens (primary N) is 1. The van der Waals surface area contributed by atoms with Crippen LogP contribution in [-0.2, 0) is 10.0 Å². The predicted molar refractivity (Wildman–Crippen MR) is 83.3 cm³/mol. The van der Waals surface area contributed by atoms with E-state index in [0.717, 1.165) is 4.90 Å². The Morgan fingerprint density at radius 2 is 1.85 bits per heavy atom. The van der Waals surface area contributed by atoms with Crippen molar-refractivity contribution in [2.75, 3.05) is 16.4 Å². The lowest BCUT2D eigenvalue weighted by atomic mass is 10.3. The molecule has 0 atom stereocenters. The van der Waals surface area contributed by atoms with Crippen LogP contribution in [0, 0.1) is 0 Å². The maximum absolute atomic E-state index is 12.4. The van der Waals surface area contributed by atoms with Gasteiger partial charge >= 0.3 is 0 Å². The molecule has 2 aromatic carbocycles. The molecule has 2 aromatic rings. The van der Waals surface area contributed by atoms with Gasteiger partial charge in [0.05, 0.1) is 5.69 Å². The number of nitrogens with one attached hydrogen (secondary N) is 2. The number of hydrogen-bond acceptors (Lipinski definition) is 5. The summed E-state index contributed by atoms with van der Waals surface area (Å²) < 4.78 is 27.3. The standard InChI is InChI=1S/C13H15N3O2S2/c1-19-11-6-4-5-10(9-11)16-20(17,18)13-8-3-2-7-12(13)15-14/h2-9,15-16H,14H2,1H3. The fourth-order valence-corrected chi connectivity index (χ4v) is 3.40. The minimum absolute atomic E-state index is 0.108. The molecule has 0 unspecified atom stereocenters. The molecule has 0 amide bonds. The normalized spacial score (nSPS) is 11.1. The molecule has 0 spiro atoms. The average molecular weight is 309 g/mol. The van der Waals surface area contributed by atoms with Crippen molar-refractivity contribution in [2.45, 2.75) is 9.79 Å². The minimum Gasteiger partial charge on any atom is -0.323 e. The predicted octanol–water partition coefficient (Wildman–Crippen LogP) is 2.49. The summed E-state index contributed by atoms with van der Waals surface area (Å²) in [6.45, 7) is 0. The molecule has 20 heavy (non-hydrogen) atoms. The van der Waals surface area contributed by atoms with Crippen LogP contribution in [0.3, 0.4) is 0 Å². The summed E-state index contributed by atoms with van der Waals surface area (Å²) in [5.41, 5.74) is 3.25. The van der Waals surface area contributed by atoms with Gasteiger partial charge in [-0.15, -0.1) is 11.8 Å². The first kappa shape index (κ1) is 14.7. The summed E-state index contributed by atoms with van der Waals surface area (Å²) >= 11 is 1.55. The van der Waals surface area contributed by atoms with Gasteiger partial charge in [0.25, 0.3) is 10.0 Å². The van der Waals surface area contributed by atoms with Gasteiger partial charge < -0.3 is 5.43 Å². The van der Waals surface area contributed by atoms with Crippen LogP contribution in [0.5, 0.6) is 0 Å². The Labute approximate surface area is 122 Å². The third kappa shape index (κ3) is 3.24. The number of hydrazine groups is 1. The maximum Gasteiger partial charge on any atom is 0.264 e. The molecule has 0 saturated heterocycles. The molecular weight excluding hydrogens is 294 g/mol. The van der Waals surface area contributed by atoms with E-state index in [2.05, 4.69) is 10.1 Å². The third-order valence-electron chi connectivity index (χ3n) is 2.65. The maximum atomic E-state index is 12.4. The van der Waals surface area contributed by atoms with Crippen LogP contribution in [0.1, 0.15) is 0 Å². The van der Waals surface area contributed by atoms with Crippen molar-refractivity contribution in [1.82, 2.24) is 0 Å². The molecule has 4 N–H and O–H groups in total. The quantitative estimate of drug-likeness (QED) is 0.449. The van der Waals surface area contributed by atoms with E-state index in [1.165, 1.54) is 6.07 Å². The van der Waals surface area contributed by atoms with Crippen LogP contribution in [0.2, 0.25) is 0 Å². The van der Waals surface area contributed by atoms with Gasteiger partial charge in [0, 0.05) is 10.6 Å². The Kier molecular flexibility index (Phi) is 4.53. The molecule has 0 aromatic heterocycles. The zero-order valence-corrected chi connectivity index (χ0v) is 12.5. The first-order valence-corrected chi connectivity index (χ1v) is 8.50. The van der Waals surface area contributed by atoms with E-state index in [0.29, 0.717) is 11.4 Å². The number of nitrogen functional groups attached to an aromatic ring is 1. The summed E-state index contributed by atoms with van der Waals surface area (Å²) in [7, 11) is -3.68. The van der Waals surface area contributed by atoms with Crippen LogP contribution in [0.25, 0.3) is 0 Å². The zero-order valence-electron chi connectivity index (χ0n) is 10.8. The Balaban J connectivity index is 2.35. The highest BCUT2D eigenvalue weighted by Gasteiger charge is 2.17. The Bertz CT molecular complexity index is 702. The summed E-state index contributed by atoms with van der Waals surface area (Å²) in [6.07, 6.45) is 1.93. The van der Waals surface area contributed by atoms with Crippen molar-refractivity contribution in [3.05, 3.63) is 48.5 Å². The van der Waals surface area contributed by atoms with Crippen molar-refractivity contribution >= 4 is 33.2 Å². The topological polar surface area (TPSA) is 84.2 Å². The SMILES string of the molecule is CSc1cccc(NS(=O)(=O)c2ccccc2NN)c1. The highest BCUT2D eigenvalue weighted by atomic mass is 32.2. The minimum atomic E-state index is -3.68. The molecule has 7 heteroatoms. The molecule has 0 bridgehead atoms. The van der Waals surface area contributed by atoms with Crippen LogP contribution >= 0.6 is 11.8 Å². The largest absolute Gasteiger partial charge is 0.323 e. The summed E-state index contributed by atoms with van der Waals surface area (Å²) in [5, 5.41) is 0. The fourth-order valence-electron chi connectivity index (χ4n) is 1.72. The lowest BCUT2D eigenvalue weighted by Crippen LogP contribution is -2.17. The molecule has 2 rings (SSSR count). The van der Waals surface area contributed by atoms with Gasteiger partial charge in [-0.3, -0.25) is 10.6 Å². The highest BCUT2D eigenvalue weighted by Crippen LogP contribution is 2.24. The molecule has 0 radical (unpaired) electrons. The first-order valence-electron chi connectivity index (χ1n) is 5.79. The lowest BCUT2D eigenvalue weighted by Gasteiger charge is -2.12. The van der Waals surface area contributed by atoms with Gasteiger partial charge in [-0.1, -0.05) is 18.2 Å². The second-order valence-corrected chi connectivity index (χ2v) is 6.51. The summed E-state index contributed by atoms with van der Waals surface area (Å²) in [4.78, 5) is 1.09. The molecule has 0 aliphatic rings. The van der Waals surface area contributed by atoms with Crippen molar-refractivity contribution in [1.29, 1.82) is 0 Å². The molecular formula is C13H15N3O2S2. The number of sulfonamides is 1. The van der Waals surface area contributed by atoms with E-state index >= 15 is 0 Å². The second kappa shape index (κ2) is 6.17. The van der Waals surface area contributed by atoms with Crippen LogP contribution in [0.4, 0.5) is 11.4 Å². The van der Waals surface area contributed by atoms with E-state index in [9.17, 15) is 8.42 Å². The van der Waals surface area contributed by atoms with Gasteiger partial charge in [0.15, 0.2) is 0 Å². The molecule has 0 aliphatic carbocycles. The number of anilines is 2. The van der Waals surface area contributed by atoms with E-state index in [1.54, 1.807) is 48.2 Å². The van der Waals surface area contributed by atoms with Gasteiger partial charge in [0.2, 0.25) is 0 Å². The molecule has 0 heterocycles. The second-order valence-electron chi connectivity index (χ2n) is 3.98. The molecule has 106 valence electrons. The van der Waals surface area contributed by atoms with Crippen LogP contribution < -0.4 is 16.0 Å². The van der Waals surface area contributed by atoms with Gasteiger partial charge in [-0.05, 0) is 36.6 Å². The monoisotopic (exact) mass is 309 g/mol. The van der Waals surface area contributed by atoms with E-state index in [1.807, 2.05) is 12.3 Å². The lowest BCUT2D eigenvalue weighted by molar-refractivity contribution is 0.601. The molecule has 5 nitrogen and oxygen atoms in total. The van der Waals surface area contributed by atoms with Crippen molar-refractivity contribution in [3.63, 3.8) is 0 Å². The third-order valence-corrected chi connectivity index (χ3v) is 4.82. The van der Waals surface area contributed by atoms with Gasteiger partial charge in [-0.2, -0.15) is 0 Å². The highest BCUT2D eigenvalue weighted by molar-refractivity contribution is 7.98. The summed E-state index contributed by atoms with van der Waals surface area (Å²) in [6, 6.07) is 13.7. The van der Waals surface area contributed by atoms with Crippen molar-refractivity contribution in [3.8, 4) is 0 Å². The van der Waals surface area contributed by atoms with E-state index in [-0.39, 0.29) is 4.90 Å². The number of rotatable bonds is 5. The Hall–Kier alpha value is -1.70. The average Bonchev–Trinajstić information content (AvgIpc) is 2.47. The van der Waals surface area contributed by atoms with Gasteiger partial charge in [0.1, 0.15) is 4.90 Å². The van der Waals surface area contributed by atoms with E-state index in [4.69, 9.17) is 5.84 Å². The summed E-state index contributed by atoms with van der Waals surface area (Å²) in [5.74, 6) is 5.34. The van der Waals surface area contributed by atoms with Crippen LogP contribution in [-0.4, -0.2) is 14.7 Å². The first-order chi connectivity index (χ1) is 9.56. The molecule has 0 aliphatic heterocycles. The Morgan fingerprint density at radius 3 is 2.55 bits per heavy atom. The smallest absolute Gasteiger partial charge is 0.264 e. The number of benzene rings is 2. The van der Waals surface area contributed by atoms with E-state index < -0.39 is 10.0 Å². The van der Waals surface area contributed by atoms with Crippen LogP contribution in [0.15, 0.2) is 58.3 Å². The number of hydrogen-bond donors (Lipinski definition) is 3. The molecule has 0 fully saturated rings. The number of thioether (sulfide) groups is 1. The Morgan fingerprint density at radius 1 is 1.10 bits per heavy atom. The number of para-hydroxylation sites is 1.